The number of fused-ring (bicyclic) bond motifs is 1. The van der Waals surface area contributed by atoms with Crippen LogP contribution in [0.2, 0.25) is 0 Å². The number of aromatic nitrogens is 3. The third kappa shape index (κ3) is 3.36. The lowest BCUT2D eigenvalue weighted by atomic mass is 10.2. The first-order chi connectivity index (χ1) is 13.0. The Kier molecular flexibility index (Phi) is 4.27. The molecule has 138 valence electrons. The Bertz CT molecular complexity index is 1110. The highest BCUT2D eigenvalue weighted by molar-refractivity contribution is 6.05. The molecule has 1 N–H and O–H groups in total. The molecule has 4 rings (SSSR count). The maximum absolute atomic E-state index is 13.5. The zero-order valence-electron chi connectivity index (χ0n) is 15.0. The van der Waals surface area contributed by atoms with Crippen LogP contribution in [0.1, 0.15) is 35.9 Å². The molecule has 0 bridgehead atoms. The largest absolute Gasteiger partial charge is 0.463 e. The predicted octanol–water partition coefficient (Wildman–Crippen LogP) is 4.45. The number of carbonyl (C=O) groups excluding carboxylic acids is 1. The number of carbonyl (C=O) groups is 1. The number of nitrogens with one attached hydrogen (secondary N) is 1. The standard InChI is InChI=1S/C20H19FN4O2/c1-13(2)25-12-16(10-22-25)23-20(26)18-9-19-17(6-7-27-19)24(18)11-14-4-3-5-15(21)8-14/h3-10,12-13H,11H2,1-2H3,(H,23,26). The molecule has 0 aliphatic rings. The van der Waals surface area contributed by atoms with E-state index in [0.717, 1.165) is 11.1 Å². The van der Waals surface area contributed by atoms with Crippen molar-refractivity contribution >= 4 is 22.7 Å². The maximum Gasteiger partial charge on any atom is 0.272 e. The van der Waals surface area contributed by atoms with Crippen molar-refractivity contribution in [2.75, 3.05) is 5.32 Å². The molecule has 3 aromatic heterocycles. The smallest absolute Gasteiger partial charge is 0.272 e. The molecule has 0 spiro atoms. The Hall–Kier alpha value is -3.35. The lowest BCUT2D eigenvalue weighted by molar-refractivity contribution is 0.101. The van der Waals surface area contributed by atoms with E-state index in [1.807, 2.05) is 24.5 Å². The number of halogens is 1. The predicted molar refractivity (Wildman–Crippen MR) is 100 cm³/mol. The average molecular weight is 366 g/mol. The summed E-state index contributed by atoms with van der Waals surface area (Å²) in [5.74, 6) is -0.587. The van der Waals surface area contributed by atoms with E-state index in [0.29, 0.717) is 23.5 Å². The van der Waals surface area contributed by atoms with Crippen LogP contribution in [0.25, 0.3) is 11.1 Å². The van der Waals surface area contributed by atoms with Crippen LogP contribution in [-0.2, 0) is 6.54 Å². The number of nitrogens with zero attached hydrogens (tertiary/aromatic N) is 3. The Morgan fingerprint density at radius 3 is 2.89 bits per heavy atom. The lowest BCUT2D eigenvalue weighted by Gasteiger charge is -2.10. The number of hydrogen-bond donors (Lipinski definition) is 1. The van der Waals surface area contributed by atoms with Gasteiger partial charge in [0.15, 0.2) is 5.58 Å². The van der Waals surface area contributed by atoms with E-state index in [4.69, 9.17) is 4.42 Å². The van der Waals surface area contributed by atoms with Crippen LogP contribution < -0.4 is 5.32 Å². The molecule has 0 saturated carbocycles. The Balaban J connectivity index is 1.66. The minimum atomic E-state index is -0.310. The number of hydrogen-bond acceptors (Lipinski definition) is 3. The van der Waals surface area contributed by atoms with Gasteiger partial charge in [-0.2, -0.15) is 5.10 Å². The van der Waals surface area contributed by atoms with Gasteiger partial charge in [-0.05, 0) is 31.5 Å². The Morgan fingerprint density at radius 1 is 1.30 bits per heavy atom. The zero-order chi connectivity index (χ0) is 19.0. The van der Waals surface area contributed by atoms with E-state index in [1.165, 1.54) is 12.1 Å². The molecule has 0 saturated heterocycles. The van der Waals surface area contributed by atoms with Crippen LogP contribution in [0.3, 0.4) is 0 Å². The average Bonchev–Trinajstić information content (AvgIpc) is 3.32. The zero-order valence-corrected chi connectivity index (χ0v) is 15.0. The van der Waals surface area contributed by atoms with Crippen molar-refractivity contribution in [3.63, 3.8) is 0 Å². The molecule has 0 aliphatic carbocycles. The molecule has 3 heterocycles. The van der Waals surface area contributed by atoms with E-state index >= 15 is 0 Å². The summed E-state index contributed by atoms with van der Waals surface area (Å²) in [6.07, 6.45) is 4.97. The normalized spacial score (nSPS) is 11.4. The molecule has 1 amide bonds. The molecule has 0 unspecified atom stereocenters. The van der Waals surface area contributed by atoms with Crippen molar-refractivity contribution in [2.24, 2.45) is 0 Å². The number of anilines is 1. The molecule has 0 radical (unpaired) electrons. The van der Waals surface area contributed by atoms with Gasteiger partial charge in [0.1, 0.15) is 11.5 Å². The summed E-state index contributed by atoms with van der Waals surface area (Å²) < 4.78 is 22.6. The van der Waals surface area contributed by atoms with Crippen molar-refractivity contribution in [3.8, 4) is 0 Å². The second-order valence-corrected chi connectivity index (χ2v) is 6.67. The quantitative estimate of drug-likeness (QED) is 0.567. The summed E-state index contributed by atoms with van der Waals surface area (Å²) in [5, 5.41) is 7.09. The fourth-order valence-corrected chi connectivity index (χ4v) is 3.03. The van der Waals surface area contributed by atoms with Gasteiger partial charge in [-0.25, -0.2) is 4.39 Å². The molecule has 6 nitrogen and oxygen atoms in total. The molecule has 1 aromatic carbocycles. The number of rotatable bonds is 5. The third-order valence-corrected chi connectivity index (χ3v) is 4.37. The fraction of sp³-hybridized carbons (Fsp3) is 0.200. The summed E-state index contributed by atoms with van der Waals surface area (Å²) >= 11 is 0. The summed E-state index contributed by atoms with van der Waals surface area (Å²) in [6.45, 7) is 4.38. The van der Waals surface area contributed by atoms with Gasteiger partial charge in [-0.3, -0.25) is 9.48 Å². The van der Waals surface area contributed by atoms with Gasteiger partial charge in [-0.15, -0.1) is 0 Å². The summed E-state index contributed by atoms with van der Waals surface area (Å²) in [6, 6.07) is 10.0. The van der Waals surface area contributed by atoms with Crippen molar-refractivity contribution in [1.29, 1.82) is 0 Å². The van der Waals surface area contributed by atoms with Crippen LogP contribution in [0.4, 0.5) is 10.1 Å². The maximum atomic E-state index is 13.5. The lowest BCUT2D eigenvalue weighted by Crippen LogP contribution is -2.17. The molecular weight excluding hydrogens is 347 g/mol. The highest BCUT2D eigenvalue weighted by Crippen LogP contribution is 2.24. The van der Waals surface area contributed by atoms with Gasteiger partial charge >= 0.3 is 0 Å². The van der Waals surface area contributed by atoms with Crippen LogP contribution in [-0.4, -0.2) is 20.3 Å². The molecule has 4 aromatic rings. The van der Waals surface area contributed by atoms with E-state index in [-0.39, 0.29) is 17.8 Å². The topological polar surface area (TPSA) is 65.0 Å². The minimum Gasteiger partial charge on any atom is -0.463 e. The molecule has 0 atom stereocenters. The van der Waals surface area contributed by atoms with Crippen molar-refractivity contribution in [1.82, 2.24) is 14.3 Å². The first-order valence-electron chi connectivity index (χ1n) is 8.68. The molecule has 0 fully saturated rings. The molecular formula is C20H19FN4O2. The SMILES string of the molecule is CC(C)n1cc(NC(=O)c2cc3occc3n2Cc2cccc(F)c2)cn1. The van der Waals surface area contributed by atoms with Gasteiger partial charge in [0.25, 0.3) is 5.91 Å². The highest BCUT2D eigenvalue weighted by atomic mass is 19.1. The van der Waals surface area contributed by atoms with Crippen molar-refractivity contribution in [2.45, 2.75) is 26.4 Å². The summed E-state index contributed by atoms with van der Waals surface area (Å²) in [4.78, 5) is 12.9. The monoisotopic (exact) mass is 366 g/mol. The highest BCUT2D eigenvalue weighted by Gasteiger charge is 2.18. The third-order valence-electron chi connectivity index (χ3n) is 4.37. The van der Waals surface area contributed by atoms with Gasteiger partial charge in [0.2, 0.25) is 0 Å². The summed E-state index contributed by atoms with van der Waals surface area (Å²) in [7, 11) is 0. The van der Waals surface area contributed by atoms with E-state index in [2.05, 4.69) is 10.4 Å². The Morgan fingerprint density at radius 2 is 2.15 bits per heavy atom. The number of furan rings is 1. The first kappa shape index (κ1) is 17.1. The number of amides is 1. The van der Waals surface area contributed by atoms with Gasteiger partial charge in [0, 0.05) is 30.9 Å². The fourth-order valence-electron chi connectivity index (χ4n) is 3.03. The molecule has 0 aliphatic heterocycles. The van der Waals surface area contributed by atoms with Crippen LogP contribution >= 0.6 is 0 Å². The second-order valence-electron chi connectivity index (χ2n) is 6.67. The van der Waals surface area contributed by atoms with Crippen LogP contribution in [0, 0.1) is 5.82 Å². The van der Waals surface area contributed by atoms with E-state index in [9.17, 15) is 9.18 Å². The summed E-state index contributed by atoms with van der Waals surface area (Å²) in [5.41, 5.74) is 3.20. The van der Waals surface area contributed by atoms with Gasteiger partial charge in [-0.1, -0.05) is 12.1 Å². The van der Waals surface area contributed by atoms with Gasteiger partial charge in [0.05, 0.1) is 23.7 Å². The van der Waals surface area contributed by atoms with Crippen molar-refractivity contribution < 1.29 is 13.6 Å². The minimum absolute atomic E-state index is 0.204. The number of benzene rings is 1. The van der Waals surface area contributed by atoms with E-state index in [1.54, 1.807) is 41.5 Å². The van der Waals surface area contributed by atoms with Crippen LogP contribution in [0.5, 0.6) is 0 Å². The van der Waals surface area contributed by atoms with E-state index < -0.39 is 0 Å². The molecule has 27 heavy (non-hydrogen) atoms. The van der Waals surface area contributed by atoms with Crippen LogP contribution in [0.15, 0.2) is 59.5 Å². The Labute approximate surface area is 155 Å². The first-order valence-corrected chi connectivity index (χ1v) is 8.68. The second kappa shape index (κ2) is 6.75. The van der Waals surface area contributed by atoms with Crippen molar-refractivity contribution in [3.05, 3.63) is 72.1 Å². The molecule has 7 heteroatoms. The van der Waals surface area contributed by atoms with Gasteiger partial charge < -0.3 is 14.3 Å².